The van der Waals surface area contributed by atoms with Crippen molar-refractivity contribution < 1.29 is 28.6 Å². The van der Waals surface area contributed by atoms with E-state index in [2.05, 4.69) is 9.88 Å². The van der Waals surface area contributed by atoms with Crippen LogP contribution >= 0.6 is 11.6 Å². The van der Waals surface area contributed by atoms with Crippen LogP contribution in [0.25, 0.3) is 33.5 Å². The summed E-state index contributed by atoms with van der Waals surface area (Å²) >= 11 is 6.09. The van der Waals surface area contributed by atoms with Crippen molar-refractivity contribution in [1.29, 1.82) is 0 Å². The minimum Gasteiger partial charge on any atom is -0.489 e. The first-order valence-electron chi connectivity index (χ1n) is 15.1. The number of amides is 2. The lowest BCUT2D eigenvalue weighted by Gasteiger charge is -2.25. The van der Waals surface area contributed by atoms with Gasteiger partial charge in [0.25, 0.3) is 5.91 Å². The van der Waals surface area contributed by atoms with Gasteiger partial charge in [0.1, 0.15) is 24.0 Å². The minimum atomic E-state index is -1.05. The van der Waals surface area contributed by atoms with E-state index in [1.54, 1.807) is 54.6 Å². The number of benzene rings is 4. The molecule has 2 N–H and O–H groups in total. The summed E-state index contributed by atoms with van der Waals surface area (Å²) in [6, 6.07) is 21.8. The van der Waals surface area contributed by atoms with Crippen molar-refractivity contribution in [3.63, 3.8) is 0 Å². The summed E-state index contributed by atoms with van der Waals surface area (Å²) in [6.07, 6.45) is 5.12. The SMILES string of the molecule is CC(=O)NC(=O)c1ccc(-c2ccc(Cl)cc2)c(COc2ccc(-c3nc4cc(C(=O)O)ccc4n3C3CCCCC3)c(F)c2)c1. The summed E-state index contributed by atoms with van der Waals surface area (Å²) in [4.78, 5) is 40.4. The molecule has 1 saturated carbocycles. The number of hydrogen-bond acceptors (Lipinski definition) is 5. The Balaban J connectivity index is 1.33. The Morgan fingerprint density at radius 3 is 2.35 bits per heavy atom. The second-order valence-corrected chi connectivity index (χ2v) is 11.9. The van der Waals surface area contributed by atoms with Crippen LogP contribution in [0, 0.1) is 5.82 Å². The fourth-order valence-electron chi connectivity index (χ4n) is 6.06. The zero-order valence-corrected chi connectivity index (χ0v) is 25.8. The topological polar surface area (TPSA) is 111 Å². The number of carboxylic acid groups (broad SMARTS) is 1. The fraction of sp³-hybridized carbons (Fsp3) is 0.222. The molecule has 1 aliphatic rings. The summed E-state index contributed by atoms with van der Waals surface area (Å²) in [5.74, 6) is -1.87. The molecule has 0 radical (unpaired) electrons. The van der Waals surface area contributed by atoms with Crippen molar-refractivity contribution in [2.75, 3.05) is 0 Å². The number of carbonyl (C=O) groups excluding carboxylic acids is 2. The van der Waals surface area contributed by atoms with E-state index in [4.69, 9.17) is 21.3 Å². The van der Waals surface area contributed by atoms with Gasteiger partial charge in [0.2, 0.25) is 5.91 Å². The molecule has 5 aromatic rings. The van der Waals surface area contributed by atoms with Crippen molar-refractivity contribution in [2.45, 2.75) is 51.7 Å². The maximum Gasteiger partial charge on any atom is 0.335 e. The fourth-order valence-corrected chi connectivity index (χ4v) is 6.18. The molecule has 1 heterocycles. The summed E-state index contributed by atoms with van der Waals surface area (Å²) < 4.78 is 24.0. The molecule has 0 spiro atoms. The predicted molar refractivity (Wildman–Crippen MR) is 174 cm³/mol. The Morgan fingerprint density at radius 2 is 1.65 bits per heavy atom. The summed E-state index contributed by atoms with van der Waals surface area (Å²) in [5.41, 5.74) is 4.25. The van der Waals surface area contributed by atoms with Gasteiger partial charge in [0.15, 0.2) is 0 Å². The molecule has 8 nitrogen and oxygen atoms in total. The van der Waals surface area contributed by atoms with Crippen LogP contribution in [0.1, 0.15) is 71.3 Å². The average molecular weight is 640 g/mol. The van der Waals surface area contributed by atoms with Gasteiger partial charge in [0.05, 0.1) is 22.2 Å². The summed E-state index contributed by atoms with van der Waals surface area (Å²) in [7, 11) is 0. The lowest BCUT2D eigenvalue weighted by molar-refractivity contribution is -0.118. The number of carboxylic acids is 1. The number of aromatic nitrogens is 2. The number of ether oxygens (including phenoxy) is 1. The van der Waals surface area contributed by atoms with Gasteiger partial charge in [-0.1, -0.05) is 49.1 Å². The number of halogens is 2. The largest absolute Gasteiger partial charge is 0.489 e. The van der Waals surface area contributed by atoms with Crippen LogP contribution in [0.3, 0.4) is 0 Å². The minimum absolute atomic E-state index is 0.0104. The number of imidazole rings is 1. The number of rotatable bonds is 8. The molecule has 0 unspecified atom stereocenters. The van der Waals surface area contributed by atoms with Gasteiger partial charge in [-0.25, -0.2) is 14.2 Å². The van der Waals surface area contributed by atoms with E-state index in [1.165, 1.54) is 19.1 Å². The molecule has 4 aromatic carbocycles. The second-order valence-electron chi connectivity index (χ2n) is 11.4. The predicted octanol–water partition coefficient (Wildman–Crippen LogP) is 8.22. The highest BCUT2D eigenvalue weighted by atomic mass is 35.5. The van der Waals surface area contributed by atoms with Gasteiger partial charge < -0.3 is 14.4 Å². The molecule has 0 aliphatic heterocycles. The molecule has 6 rings (SSSR count). The Bertz CT molecular complexity index is 1970. The molecular weight excluding hydrogens is 609 g/mol. The maximum atomic E-state index is 15.9. The zero-order chi connectivity index (χ0) is 32.4. The van der Waals surface area contributed by atoms with E-state index < -0.39 is 23.6 Å². The van der Waals surface area contributed by atoms with Crippen molar-refractivity contribution in [3.8, 4) is 28.3 Å². The summed E-state index contributed by atoms with van der Waals surface area (Å²) in [6.45, 7) is 1.27. The molecular formula is C36H31ClFN3O5. The molecule has 0 atom stereocenters. The molecule has 1 aromatic heterocycles. The Morgan fingerprint density at radius 1 is 0.935 bits per heavy atom. The van der Waals surface area contributed by atoms with E-state index >= 15 is 4.39 Å². The first-order chi connectivity index (χ1) is 22.2. The third-order valence-electron chi connectivity index (χ3n) is 8.26. The molecule has 0 saturated heterocycles. The van der Waals surface area contributed by atoms with Crippen LogP contribution in [0.2, 0.25) is 5.02 Å². The highest BCUT2D eigenvalue weighted by molar-refractivity contribution is 6.30. The highest BCUT2D eigenvalue weighted by Gasteiger charge is 2.25. The van der Waals surface area contributed by atoms with Crippen molar-refractivity contribution >= 4 is 40.4 Å². The van der Waals surface area contributed by atoms with Crippen molar-refractivity contribution in [3.05, 3.63) is 106 Å². The van der Waals surface area contributed by atoms with Crippen molar-refractivity contribution in [2.24, 2.45) is 0 Å². The third kappa shape index (κ3) is 6.50. The van der Waals surface area contributed by atoms with Crippen LogP contribution in [0.15, 0.2) is 78.9 Å². The first-order valence-corrected chi connectivity index (χ1v) is 15.4. The molecule has 1 aliphatic carbocycles. The molecule has 2 amide bonds. The quantitative estimate of drug-likeness (QED) is 0.177. The molecule has 10 heteroatoms. The van der Waals surface area contributed by atoms with Gasteiger partial charge in [-0.15, -0.1) is 0 Å². The second kappa shape index (κ2) is 13.1. The van der Waals surface area contributed by atoms with Crippen LogP contribution < -0.4 is 10.1 Å². The molecule has 234 valence electrons. The number of aromatic carboxylic acids is 1. The Labute approximate surface area is 269 Å². The molecule has 1 fully saturated rings. The lowest BCUT2D eigenvalue weighted by Crippen LogP contribution is -2.28. The van der Waals surface area contributed by atoms with Gasteiger partial charge in [-0.2, -0.15) is 0 Å². The van der Waals surface area contributed by atoms with E-state index in [0.29, 0.717) is 21.9 Å². The standard InChI is InChI=1S/C36H31ClFN3O5/c1-21(42)39-35(43)23-9-14-29(22-7-11-26(37)12-8-22)25(17-23)20-46-28-13-15-30(31(38)19-28)34-40-32-18-24(36(44)45)10-16-33(32)41(34)27-5-3-2-4-6-27/h7-19,27H,2-6,20H2,1H3,(H,44,45)(H,39,42,43). The first kappa shape index (κ1) is 31.0. The van der Waals surface area contributed by atoms with E-state index in [-0.39, 0.29) is 35.1 Å². The number of imide groups is 1. The van der Waals surface area contributed by atoms with Crippen molar-refractivity contribution in [1.82, 2.24) is 14.9 Å². The third-order valence-corrected chi connectivity index (χ3v) is 8.52. The Kier molecular flexibility index (Phi) is 8.85. The van der Waals surface area contributed by atoms with Crippen LogP contribution in [-0.4, -0.2) is 32.4 Å². The summed E-state index contributed by atoms with van der Waals surface area (Å²) in [5, 5.41) is 12.4. The van der Waals surface area contributed by atoms with Crippen LogP contribution in [-0.2, 0) is 11.4 Å². The number of fused-ring (bicyclic) bond motifs is 1. The van der Waals surface area contributed by atoms with Gasteiger partial charge in [-0.05, 0) is 84.1 Å². The van der Waals surface area contributed by atoms with Crippen LogP contribution in [0.5, 0.6) is 5.75 Å². The molecule has 0 bridgehead atoms. The number of nitrogens with zero attached hydrogens (tertiary/aromatic N) is 2. The van der Waals surface area contributed by atoms with Gasteiger partial charge in [0, 0.05) is 29.6 Å². The van der Waals surface area contributed by atoms with Gasteiger partial charge in [-0.3, -0.25) is 14.9 Å². The lowest BCUT2D eigenvalue weighted by atomic mass is 9.94. The normalized spacial score (nSPS) is 13.5. The average Bonchev–Trinajstić information content (AvgIpc) is 3.42. The van der Waals surface area contributed by atoms with E-state index in [0.717, 1.165) is 48.7 Å². The number of hydrogen-bond donors (Lipinski definition) is 2. The number of nitrogens with one attached hydrogen (secondary N) is 1. The van der Waals surface area contributed by atoms with E-state index in [1.807, 2.05) is 12.1 Å². The zero-order valence-electron chi connectivity index (χ0n) is 25.1. The smallest absolute Gasteiger partial charge is 0.335 e. The maximum absolute atomic E-state index is 15.9. The van der Waals surface area contributed by atoms with E-state index in [9.17, 15) is 19.5 Å². The number of carbonyl (C=O) groups is 3. The monoisotopic (exact) mass is 639 g/mol. The Hall–Kier alpha value is -5.02. The molecule has 46 heavy (non-hydrogen) atoms. The van der Waals surface area contributed by atoms with Gasteiger partial charge >= 0.3 is 5.97 Å². The van der Waals surface area contributed by atoms with Crippen LogP contribution in [0.4, 0.5) is 4.39 Å². The highest BCUT2D eigenvalue weighted by Crippen LogP contribution is 2.38.